The van der Waals surface area contributed by atoms with E-state index < -0.39 is 18.9 Å². The van der Waals surface area contributed by atoms with Gasteiger partial charge in [0.05, 0.1) is 66.4 Å². The third-order valence-corrected chi connectivity index (χ3v) is 11.3. The van der Waals surface area contributed by atoms with Crippen LogP contribution < -0.4 is 56.0 Å². The molecule has 4 aromatic carbocycles. The molecule has 6 aromatic heterocycles. The van der Waals surface area contributed by atoms with Crippen LogP contribution >= 0.6 is 11.6 Å². The first-order chi connectivity index (χ1) is 36.7. The first-order valence-electron chi connectivity index (χ1n) is 22.5. The van der Waals surface area contributed by atoms with Gasteiger partial charge in [-0.25, -0.2) is 24.0 Å². The highest BCUT2D eigenvalue weighted by Gasteiger charge is 2.19. The number of amides is 2. The van der Waals surface area contributed by atoms with Gasteiger partial charge in [0, 0.05) is 53.3 Å². The second kappa shape index (κ2) is 23.4. The van der Waals surface area contributed by atoms with Gasteiger partial charge in [-0.3, -0.25) is 9.59 Å². The lowest BCUT2D eigenvalue weighted by atomic mass is 9.79. The van der Waals surface area contributed by atoms with Gasteiger partial charge in [-0.15, -0.1) is 10.2 Å². The molecule has 0 bridgehead atoms. The zero-order valence-electron chi connectivity index (χ0n) is 41.4. The van der Waals surface area contributed by atoms with Crippen LogP contribution in [0.1, 0.15) is 20.7 Å². The Morgan fingerprint density at radius 1 is 0.579 bits per heavy atom. The number of benzene rings is 4. The largest absolute Gasteiger partial charge is 0.493 e. The fraction of sp³-hybridized carbons (Fsp3) is 0.120. The van der Waals surface area contributed by atoms with E-state index in [9.17, 15) is 9.59 Å². The highest BCUT2D eigenvalue weighted by molar-refractivity contribution is 6.58. The summed E-state index contributed by atoms with van der Waals surface area (Å²) in [6.45, 7) is 0. The van der Waals surface area contributed by atoms with E-state index in [1.807, 2.05) is 82.3 Å². The molecule has 76 heavy (non-hydrogen) atoms. The minimum absolute atomic E-state index is 0.134. The van der Waals surface area contributed by atoms with E-state index in [-0.39, 0.29) is 16.3 Å². The summed E-state index contributed by atoms with van der Waals surface area (Å²) in [4.78, 5) is 40.1. The van der Waals surface area contributed by atoms with Crippen LogP contribution in [0.4, 0.5) is 23.3 Å². The van der Waals surface area contributed by atoms with Gasteiger partial charge in [0.2, 0.25) is 28.6 Å². The molecular weight excluding hydrogens is 1000 g/mol. The number of hydrogen-bond acceptors (Lipinski definition) is 18. The lowest BCUT2D eigenvalue weighted by Crippen LogP contribution is -2.30. The third-order valence-electron chi connectivity index (χ3n) is 11.2. The highest BCUT2D eigenvalue weighted by atomic mass is 35.5. The van der Waals surface area contributed by atoms with E-state index in [1.54, 1.807) is 88.7 Å². The number of halogens is 1. The molecule has 24 nitrogen and oxygen atoms in total. The molecule has 388 valence electrons. The van der Waals surface area contributed by atoms with Crippen molar-refractivity contribution in [3.8, 4) is 57.3 Å². The summed E-state index contributed by atoms with van der Waals surface area (Å²) in [5.74, 6) is 4.77. The van der Waals surface area contributed by atoms with Gasteiger partial charge in [0.15, 0.2) is 40.5 Å². The molecule has 0 fully saturated rings. The number of anilines is 4. The number of carbonyl (C=O) groups excluding carboxylic acids is 2. The van der Waals surface area contributed by atoms with Crippen molar-refractivity contribution in [3.63, 3.8) is 0 Å². The maximum absolute atomic E-state index is 11.6. The van der Waals surface area contributed by atoms with E-state index >= 15 is 0 Å². The van der Waals surface area contributed by atoms with Crippen LogP contribution in [0.25, 0.3) is 33.8 Å². The van der Waals surface area contributed by atoms with E-state index in [1.165, 1.54) is 24.3 Å². The predicted octanol–water partition coefficient (Wildman–Crippen LogP) is 5.25. The van der Waals surface area contributed by atoms with Crippen molar-refractivity contribution in [3.05, 3.63) is 151 Å². The van der Waals surface area contributed by atoms with Gasteiger partial charge in [-0.05, 0) is 65.6 Å². The Morgan fingerprint density at radius 2 is 1.04 bits per heavy atom. The molecule has 8 N–H and O–H groups in total. The van der Waals surface area contributed by atoms with Crippen molar-refractivity contribution in [1.82, 2.24) is 48.3 Å². The minimum atomic E-state index is -1.57. The van der Waals surface area contributed by atoms with E-state index in [0.29, 0.717) is 74.7 Å². The number of rotatable bonds is 16. The van der Waals surface area contributed by atoms with Crippen LogP contribution in [0.5, 0.6) is 34.5 Å². The summed E-state index contributed by atoms with van der Waals surface area (Å²) < 4.78 is 39.5. The van der Waals surface area contributed by atoms with Crippen molar-refractivity contribution >= 4 is 70.3 Å². The molecular formula is C50H48BClN14O10. The molecule has 0 aliphatic rings. The quantitative estimate of drug-likeness (QED) is 0.0673. The number of methoxy groups -OCH3 is 6. The minimum Gasteiger partial charge on any atom is -0.493 e. The topological polar surface area (TPSA) is 302 Å². The number of nitrogens with two attached hydrogens (primary N) is 2. The van der Waals surface area contributed by atoms with Crippen LogP contribution in [0.3, 0.4) is 0 Å². The van der Waals surface area contributed by atoms with Crippen LogP contribution in [0, 0.1) is 0 Å². The van der Waals surface area contributed by atoms with Crippen molar-refractivity contribution in [2.24, 2.45) is 11.5 Å². The number of aromatic nitrogens is 10. The van der Waals surface area contributed by atoms with Gasteiger partial charge >= 0.3 is 7.12 Å². The van der Waals surface area contributed by atoms with Gasteiger partial charge in [-0.1, -0.05) is 24.3 Å². The van der Waals surface area contributed by atoms with Crippen LogP contribution in [0.15, 0.2) is 135 Å². The number of fused-ring (bicyclic) bond motifs is 2. The predicted molar refractivity (Wildman–Crippen MR) is 283 cm³/mol. The van der Waals surface area contributed by atoms with E-state index in [2.05, 4.69) is 35.8 Å². The molecule has 0 atom stereocenters. The van der Waals surface area contributed by atoms with Gasteiger partial charge in [0.1, 0.15) is 35.3 Å². The third kappa shape index (κ3) is 11.7. The number of nitrogens with zero attached hydrogens (tertiary/aromatic N) is 10. The molecule has 2 amide bonds. The Hall–Kier alpha value is -9.85. The summed E-state index contributed by atoms with van der Waals surface area (Å²) in [5, 5.41) is 32.7. The fourth-order valence-corrected chi connectivity index (χ4v) is 7.71. The van der Waals surface area contributed by atoms with Crippen LogP contribution in [0.2, 0.25) is 5.28 Å². The average molecular weight is 1050 g/mol. The Bertz CT molecular complexity index is 3640. The molecule has 0 aliphatic carbocycles. The molecule has 10 aromatic rings. The smallest absolute Gasteiger partial charge is 0.488 e. The Balaban J connectivity index is 0.000000169. The summed E-state index contributed by atoms with van der Waals surface area (Å²) in [6, 6.07) is 27.6. The molecule has 10 rings (SSSR count). The van der Waals surface area contributed by atoms with Gasteiger partial charge in [0.25, 0.3) is 0 Å². The lowest BCUT2D eigenvalue weighted by Gasteiger charge is -2.14. The molecule has 26 heteroatoms. The highest BCUT2D eigenvalue weighted by Crippen LogP contribution is 2.41. The normalized spacial score (nSPS) is 10.6. The number of carbonyl (C=O) groups is 2. The Morgan fingerprint density at radius 3 is 1.50 bits per heavy atom. The van der Waals surface area contributed by atoms with E-state index in [0.717, 1.165) is 22.4 Å². The summed E-state index contributed by atoms with van der Waals surface area (Å²) >= 11 is 6.00. The fourth-order valence-electron chi connectivity index (χ4n) is 7.55. The summed E-state index contributed by atoms with van der Waals surface area (Å²) in [6.07, 6.45) is 10.6. The van der Waals surface area contributed by atoms with E-state index in [4.69, 9.17) is 66.5 Å². The number of nitrogens with one attached hydrogen (secondary N) is 2. The second-order valence-corrected chi connectivity index (χ2v) is 16.2. The Kier molecular flexibility index (Phi) is 16.1. The molecule has 6 heterocycles. The van der Waals surface area contributed by atoms with Crippen LogP contribution in [-0.2, 0) is 0 Å². The number of primary amides is 2. The van der Waals surface area contributed by atoms with Gasteiger partial charge < -0.3 is 69.7 Å². The Labute approximate surface area is 438 Å². The number of imidazole rings is 2. The summed E-state index contributed by atoms with van der Waals surface area (Å²) in [5.41, 5.74) is 15.1. The van der Waals surface area contributed by atoms with Crippen LogP contribution in [-0.4, -0.2) is 120 Å². The maximum atomic E-state index is 11.6. The van der Waals surface area contributed by atoms with Crippen molar-refractivity contribution in [1.29, 1.82) is 0 Å². The number of hydrogen-bond donors (Lipinski definition) is 6. The second-order valence-electron chi connectivity index (χ2n) is 15.8. The zero-order valence-corrected chi connectivity index (χ0v) is 42.2. The molecule has 0 unspecified atom stereocenters. The first kappa shape index (κ1) is 52.5. The number of ether oxygens (including phenoxy) is 6. The van der Waals surface area contributed by atoms with Crippen molar-refractivity contribution < 1.29 is 48.1 Å². The first-order valence-corrected chi connectivity index (χ1v) is 22.9. The SMILES string of the molecule is COc1cc(-n2cnc(Nc3nc(-c4cccc(C(N)=O)c4)nn4cccc34)c2)cc(OC)c1OC.COc1cc(-n2cnc(Nc3nc(Cl)nn4cccc34)c2)cc(OC)c1OC.NC(=O)c1cccc(B(O)O)c1. The molecule has 0 spiro atoms. The standard InChI is InChI=1S/C25H23N7O4.C18H17ClN6O3.C7H8BNO3/c1-34-19-11-17(12-20(35-2)22(19)36-3)31-13-21(27-14-31)28-25-18-8-5-9-32(18)30-24(29-25)16-7-4-6-15(10-16)23(26)33;1-26-13-7-11(8-14(27-2)16(13)28-3)24-9-15(20-10-24)21-17-12-5-4-6-25(12)23-18(19)22-17;9-7(10)5-2-1-3-6(4-5)8(11)12/h4-14H,1-3H3,(H2,26,33)(H,28,29,30);4-10H,1-3H3,(H,21,22,23);1-4,11-12H,(H2,9,10). The molecule has 0 radical (unpaired) electrons. The maximum Gasteiger partial charge on any atom is 0.488 e. The zero-order chi connectivity index (χ0) is 54.0. The van der Waals surface area contributed by atoms with Gasteiger partial charge in [-0.2, -0.15) is 4.98 Å². The molecule has 0 saturated carbocycles. The average Bonchev–Trinajstić information content (AvgIpc) is 4.31. The lowest BCUT2D eigenvalue weighted by molar-refractivity contribution is 0.0992. The molecule has 0 aliphatic heterocycles. The van der Waals surface area contributed by atoms with Crippen molar-refractivity contribution in [2.75, 3.05) is 53.3 Å². The molecule has 0 saturated heterocycles. The summed E-state index contributed by atoms with van der Waals surface area (Å²) in [7, 11) is 7.83. The monoisotopic (exact) mass is 1050 g/mol. The van der Waals surface area contributed by atoms with Crippen molar-refractivity contribution in [2.45, 2.75) is 0 Å².